The van der Waals surface area contributed by atoms with E-state index in [0.29, 0.717) is 11.5 Å². The fraction of sp³-hybridized carbons (Fsp3) is 0.571. The zero-order chi connectivity index (χ0) is 9.69. The number of nitrogens with two attached hydrogens (primary N) is 2. The van der Waals surface area contributed by atoms with Crippen LogP contribution in [0.5, 0.6) is 0 Å². The van der Waals surface area contributed by atoms with E-state index in [4.69, 9.17) is 11.5 Å². The van der Waals surface area contributed by atoms with Crippen LogP contribution in [0.25, 0.3) is 0 Å². The summed E-state index contributed by atoms with van der Waals surface area (Å²) in [6, 6.07) is 0. The Morgan fingerprint density at radius 3 is 2.77 bits per heavy atom. The second-order valence-electron chi connectivity index (χ2n) is 3.63. The van der Waals surface area contributed by atoms with Gasteiger partial charge in [0, 0.05) is 0 Å². The van der Waals surface area contributed by atoms with Crippen LogP contribution in [0.4, 0.5) is 0 Å². The van der Waals surface area contributed by atoms with E-state index in [-0.39, 0.29) is 0 Å². The first-order valence-corrected chi connectivity index (χ1v) is 3.99. The minimum Gasteiger partial charge on any atom is -0.308 e. The van der Waals surface area contributed by atoms with Gasteiger partial charge in [0.1, 0.15) is 17.7 Å². The summed E-state index contributed by atoms with van der Waals surface area (Å²) in [5, 5.41) is 2.96. The van der Waals surface area contributed by atoms with E-state index in [1.165, 1.54) is 6.34 Å². The number of nitrogens with one attached hydrogen (secondary N) is 1. The number of rotatable bonds is 0. The van der Waals surface area contributed by atoms with Gasteiger partial charge in [0.25, 0.3) is 0 Å². The third kappa shape index (κ3) is 1.28. The molecule has 2 aliphatic heterocycles. The molecule has 0 saturated heterocycles. The van der Waals surface area contributed by atoms with Crippen LogP contribution < -0.4 is 16.8 Å². The Morgan fingerprint density at radius 2 is 2.08 bits per heavy atom. The Bertz CT molecular complexity index is 335. The van der Waals surface area contributed by atoms with Crippen LogP contribution >= 0.6 is 0 Å². The molecule has 0 fully saturated rings. The van der Waals surface area contributed by atoms with Gasteiger partial charge in [0.05, 0.1) is 0 Å². The first-order chi connectivity index (χ1) is 5.91. The molecule has 0 radical (unpaired) electrons. The maximum Gasteiger partial charge on any atom is 0.177 e. The van der Waals surface area contributed by atoms with Crippen molar-refractivity contribution < 1.29 is 0 Å². The standard InChI is InChI=1S/C7H12N6/c1-6(8)4-5(11-3-10-4)12-7(2,9)13-6/h3,13H,8-9H2,1-2H3. The SMILES string of the molecule is CC1(N)N=C2N=CN=C2C(C)(N)N1. The quantitative estimate of drug-likeness (QED) is 0.435. The average molecular weight is 180 g/mol. The van der Waals surface area contributed by atoms with Crippen molar-refractivity contribution in [1.82, 2.24) is 5.32 Å². The summed E-state index contributed by atoms with van der Waals surface area (Å²) in [5.41, 5.74) is 11.6. The van der Waals surface area contributed by atoms with Crippen molar-refractivity contribution in [2.75, 3.05) is 0 Å². The smallest absolute Gasteiger partial charge is 0.177 e. The Morgan fingerprint density at radius 1 is 1.38 bits per heavy atom. The lowest BCUT2D eigenvalue weighted by molar-refractivity contribution is 0.300. The molecular formula is C7H12N6. The van der Waals surface area contributed by atoms with Crippen molar-refractivity contribution >= 4 is 17.9 Å². The summed E-state index contributed by atoms with van der Waals surface area (Å²) >= 11 is 0. The van der Waals surface area contributed by atoms with Gasteiger partial charge in [0.2, 0.25) is 0 Å². The van der Waals surface area contributed by atoms with Crippen molar-refractivity contribution in [3.05, 3.63) is 0 Å². The van der Waals surface area contributed by atoms with Crippen molar-refractivity contribution in [2.24, 2.45) is 26.4 Å². The second kappa shape index (κ2) is 2.22. The van der Waals surface area contributed by atoms with E-state index >= 15 is 0 Å². The summed E-state index contributed by atoms with van der Waals surface area (Å²) in [6.45, 7) is 3.52. The van der Waals surface area contributed by atoms with Gasteiger partial charge in [-0.1, -0.05) is 0 Å². The molecule has 6 heteroatoms. The van der Waals surface area contributed by atoms with E-state index in [1.54, 1.807) is 13.8 Å². The Kier molecular flexibility index (Phi) is 1.45. The summed E-state index contributed by atoms with van der Waals surface area (Å²) in [6.07, 6.45) is 1.43. The van der Waals surface area contributed by atoms with Crippen molar-refractivity contribution in [2.45, 2.75) is 25.3 Å². The molecule has 2 heterocycles. The predicted octanol–water partition coefficient (Wildman–Crippen LogP) is -1.22. The maximum atomic E-state index is 5.96. The molecule has 2 atom stereocenters. The zero-order valence-corrected chi connectivity index (χ0v) is 7.57. The van der Waals surface area contributed by atoms with Crippen LogP contribution in [-0.4, -0.2) is 29.3 Å². The number of aliphatic imine (C=N–C) groups is 3. The predicted molar refractivity (Wildman–Crippen MR) is 51.7 cm³/mol. The number of amidine groups is 1. The van der Waals surface area contributed by atoms with Crippen LogP contribution in [0.2, 0.25) is 0 Å². The molecule has 2 aliphatic rings. The number of hydrogen-bond donors (Lipinski definition) is 3. The fourth-order valence-corrected chi connectivity index (χ4v) is 1.54. The van der Waals surface area contributed by atoms with E-state index < -0.39 is 11.4 Å². The fourth-order valence-electron chi connectivity index (χ4n) is 1.54. The van der Waals surface area contributed by atoms with Crippen molar-refractivity contribution in [3.63, 3.8) is 0 Å². The first-order valence-electron chi connectivity index (χ1n) is 3.99. The van der Waals surface area contributed by atoms with Gasteiger partial charge in [-0.15, -0.1) is 0 Å². The summed E-state index contributed by atoms with van der Waals surface area (Å²) in [7, 11) is 0. The largest absolute Gasteiger partial charge is 0.308 e. The summed E-state index contributed by atoms with van der Waals surface area (Å²) in [5.74, 6) is -0.353. The molecular weight excluding hydrogens is 168 g/mol. The van der Waals surface area contributed by atoms with Gasteiger partial charge in [-0.05, 0) is 13.8 Å². The normalized spacial score (nSPS) is 42.8. The molecule has 0 aromatic heterocycles. The monoisotopic (exact) mass is 180 g/mol. The molecule has 2 unspecified atom stereocenters. The molecule has 0 saturated carbocycles. The average Bonchev–Trinajstić information content (AvgIpc) is 2.29. The van der Waals surface area contributed by atoms with E-state index in [2.05, 4.69) is 20.3 Å². The lowest BCUT2D eigenvalue weighted by Gasteiger charge is -2.38. The molecule has 13 heavy (non-hydrogen) atoms. The molecule has 2 rings (SSSR count). The molecule has 0 aromatic rings. The van der Waals surface area contributed by atoms with E-state index in [9.17, 15) is 0 Å². The van der Waals surface area contributed by atoms with Crippen LogP contribution in [-0.2, 0) is 0 Å². The lowest BCUT2D eigenvalue weighted by Crippen LogP contribution is -2.71. The van der Waals surface area contributed by atoms with Crippen LogP contribution in [0.1, 0.15) is 13.8 Å². The molecule has 0 aromatic carbocycles. The number of nitrogens with zero attached hydrogens (tertiary/aromatic N) is 3. The Hall–Kier alpha value is -1.11. The maximum absolute atomic E-state index is 5.96. The summed E-state index contributed by atoms with van der Waals surface area (Å²) in [4.78, 5) is 12.1. The Balaban J connectivity index is 2.50. The first kappa shape index (κ1) is 8.49. The highest BCUT2D eigenvalue weighted by atomic mass is 15.4. The van der Waals surface area contributed by atoms with Crippen LogP contribution in [0.15, 0.2) is 15.0 Å². The minimum atomic E-state index is -0.875. The topological polar surface area (TPSA) is 101 Å². The highest BCUT2D eigenvalue weighted by Gasteiger charge is 2.41. The molecule has 6 nitrogen and oxygen atoms in total. The molecule has 5 N–H and O–H groups in total. The van der Waals surface area contributed by atoms with Gasteiger partial charge in [-0.2, -0.15) is 0 Å². The van der Waals surface area contributed by atoms with Gasteiger partial charge >= 0.3 is 0 Å². The highest BCUT2D eigenvalue weighted by molar-refractivity contribution is 6.49. The van der Waals surface area contributed by atoms with Crippen molar-refractivity contribution in [1.29, 1.82) is 0 Å². The molecule has 70 valence electrons. The van der Waals surface area contributed by atoms with Crippen LogP contribution in [0, 0.1) is 0 Å². The minimum absolute atomic E-state index is 0.522. The molecule has 0 spiro atoms. The van der Waals surface area contributed by atoms with Crippen LogP contribution in [0.3, 0.4) is 0 Å². The molecule has 0 aliphatic carbocycles. The molecule has 0 amide bonds. The highest BCUT2D eigenvalue weighted by Crippen LogP contribution is 2.17. The zero-order valence-electron chi connectivity index (χ0n) is 7.57. The van der Waals surface area contributed by atoms with Gasteiger partial charge < -0.3 is 5.73 Å². The van der Waals surface area contributed by atoms with Gasteiger partial charge in [-0.25, -0.2) is 15.0 Å². The second-order valence-corrected chi connectivity index (χ2v) is 3.63. The summed E-state index contributed by atoms with van der Waals surface area (Å²) < 4.78 is 0. The third-order valence-electron chi connectivity index (χ3n) is 1.92. The number of fused-ring (bicyclic) bond motifs is 1. The van der Waals surface area contributed by atoms with E-state index in [1.807, 2.05) is 0 Å². The Labute approximate surface area is 75.8 Å². The number of hydrogen-bond acceptors (Lipinski definition) is 6. The van der Waals surface area contributed by atoms with Gasteiger partial charge in [0.15, 0.2) is 11.6 Å². The van der Waals surface area contributed by atoms with Crippen molar-refractivity contribution in [3.8, 4) is 0 Å². The van der Waals surface area contributed by atoms with Gasteiger partial charge in [-0.3, -0.25) is 11.1 Å². The third-order valence-corrected chi connectivity index (χ3v) is 1.92. The lowest BCUT2D eigenvalue weighted by atomic mass is 10.0. The molecule has 0 bridgehead atoms. The van der Waals surface area contributed by atoms with E-state index in [0.717, 1.165) is 0 Å².